The Kier molecular flexibility index (Phi) is 6.99. The van der Waals surface area contributed by atoms with Gasteiger partial charge in [0.05, 0.1) is 5.41 Å². The van der Waals surface area contributed by atoms with E-state index >= 15 is 0 Å². The Balaban J connectivity index is 0.00000420. The molecule has 1 N–H and O–H groups in total. The predicted octanol–water partition coefficient (Wildman–Crippen LogP) is 4.73. The summed E-state index contributed by atoms with van der Waals surface area (Å²) in [5.74, 6) is -0.484. The molecule has 0 bridgehead atoms. The summed E-state index contributed by atoms with van der Waals surface area (Å²) < 4.78 is 29.3. The third-order valence-electron chi connectivity index (χ3n) is 4.74. The third kappa shape index (κ3) is 4.87. The molecule has 0 fully saturated rings. The van der Waals surface area contributed by atoms with Gasteiger partial charge in [0.2, 0.25) is 0 Å². The van der Waals surface area contributed by atoms with E-state index < -0.39 is 24.3 Å². The minimum absolute atomic E-state index is 0. The summed E-state index contributed by atoms with van der Waals surface area (Å²) in [5, 5.41) is 3.25. The molecule has 0 radical (unpaired) electrons. The van der Waals surface area contributed by atoms with Crippen molar-refractivity contribution < 1.29 is 13.6 Å². The first-order valence-corrected chi connectivity index (χ1v) is 8.64. The van der Waals surface area contributed by atoms with E-state index in [2.05, 4.69) is 5.32 Å². The highest BCUT2D eigenvalue weighted by molar-refractivity contribution is 5.85. The molecular formula is C22H30ClNO2. The quantitative estimate of drug-likeness (QED) is 0.674. The van der Waals surface area contributed by atoms with Gasteiger partial charge in [-0.05, 0) is 37.9 Å². The van der Waals surface area contributed by atoms with Crippen LogP contribution >= 0.6 is 12.4 Å². The highest BCUT2D eigenvalue weighted by Gasteiger charge is 2.44. The SMILES string of the molecule is Cl.[2H]C([2H])([2H])C[C@H](OC(C)=O)C(C[C@H](C)NC)(c1ccccc1)c1ccccc1. The van der Waals surface area contributed by atoms with Crippen molar-refractivity contribution in [1.82, 2.24) is 5.32 Å². The van der Waals surface area contributed by atoms with Crippen molar-refractivity contribution in [3.63, 3.8) is 0 Å². The van der Waals surface area contributed by atoms with Crippen molar-refractivity contribution in [2.75, 3.05) is 7.05 Å². The summed E-state index contributed by atoms with van der Waals surface area (Å²) in [6, 6.07) is 19.5. The fourth-order valence-electron chi connectivity index (χ4n) is 3.48. The lowest BCUT2D eigenvalue weighted by Gasteiger charge is -2.42. The van der Waals surface area contributed by atoms with Crippen LogP contribution in [0.4, 0.5) is 0 Å². The Bertz CT molecular complexity index is 714. The Morgan fingerprint density at radius 2 is 1.62 bits per heavy atom. The molecule has 0 saturated carbocycles. The fourth-order valence-corrected chi connectivity index (χ4v) is 3.48. The Morgan fingerprint density at radius 3 is 2.00 bits per heavy atom. The highest BCUT2D eigenvalue weighted by atomic mass is 35.5. The number of esters is 1. The number of ether oxygens (including phenoxy) is 1. The van der Waals surface area contributed by atoms with Gasteiger partial charge in [-0.1, -0.05) is 67.5 Å². The van der Waals surface area contributed by atoms with E-state index in [1.807, 2.05) is 74.6 Å². The summed E-state index contributed by atoms with van der Waals surface area (Å²) >= 11 is 0. The first-order chi connectivity index (χ1) is 13.2. The first-order valence-electron chi connectivity index (χ1n) is 10.1. The van der Waals surface area contributed by atoms with Crippen LogP contribution < -0.4 is 5.32 Å². The zero-order valence-electron chi connectivity index (χ0n) is 18.6. The topological polar surface area (TPSA) is 38.3 Å². The number of halogens is 1. The van der Waals surface area contributed by atoms with Gasteiger partial charge in [0.25, 0.3) is 0 Å². The van der Waals surface area contributed by atoms with Crippen LogP contribution in [-0.2, 0) is 14.9 Å². The molecule has 0 aromatic heterocycles. The molecule has 3 nitrogen and oxygen atoms in total. The maximum atomic E-state index is 12.0. The van der Waals surface area contributed by atoms with Crippen LogP contribution in [0.1, 0.15) is 48.8 Å². The molecule has 0 amide bonds. The summed E-state index contributed by atoms with van der Waals surface area (Å²) in [5.41, 5.74) is 1.06. The Morgan fingerprint density at radius 1 is 1.12 bits per heavy atom. The van der Waals surface area contributed by atoms with Gasteiger partial charge in [-0.3, -0.25) is 4.79 Å². The van der Waals surface area contributed by atoms with Crippen molar-refractivity contribution in [2.45, 2.75) is 51.1 Å². The van der Waals surface area contributed by atoms with Crippen molar-refractivity contribution in [2.24, 2.45) is 0 Å². The lowest BCUT2D eigenvalue weighted by atomic mass is 9.66. The second-order valence-electron chi connectivity index (χ2n) is 6.40. The van der Waals surface area contributed by atoms with E-state index in [0.29, 0.717) is 6.42 Å². The predicted molar refractivity (Wildman–Crippen MR) is 110 cm³/mol. The molecule has 2 atom stereocenters. The van der Waals surface area contributed by atoms with Crippen LogP contribution in [0.3, 0.4) is 0 Å². The zero-order valence-corrected chi connectivity index (χ0v) is 16.4. The van der Waals surface area contributed by atoms with E-state index in [4.69, 9.17) is 8.85 Å². The molecule has 0 aliphatic rings. The molecule has 2 aromatic rings. The van der Waals surface area contributed by atoms with Crippen molar-refractivity contribution in [1.29, 1.82) is 0 Å². The minimum atomic E-state index is -2.24. The maximum Gasteiger partial charge on any atom is 0.302 e. The standard InChI is InChI=1S/C22H29NO2.ClH/c1-5-21(25-18(3)24)22(16-17(2)23-4,19-12-8-6-9-13-19)20-14-10-7-11-15-20;/h6-15,17,21,23H,5,16H2,1-4H3;1H/t17-,21-;/m0./s1/i1D3;. The fraction of sp³-hybridized carbons (Fsp3) is 0.409. The molecule has 0 aliphatic heterocycles. The van der Waals surface area contributed by atoms with Gasteiger partial charge in [-0.25, -0.2) is 0 Å². The van der Waals surface area contributed by atoms with Gasteiger partial charge in [0, 0.05) is 17.1 Å². The van der Waals surface area contributed by atoms with E-state index in [-0.39, 0.29) is 24.9 Å². The van der Waals surface area contributed by atoms with E-state index in [1.54, 1.807) is 0 Å². The zero-order chi connectivity index (χ0) is 20.8. The molecule has 2 rings (SSSR count). The molecule has 2 aromatic carbocycles. The normalized spacial score (nSPS) is 15.6. The number of carbonyl (C=O) groups is 1. The lowest BCUT2D eigenvalue weighted by Crippen LogP contribution is -2.47. The van der Waals surface area contributed by atoms with Crippen LogP contribution in [0.15, 0.2) is 60.7 Å². The minimum Gasteiger partial charge on any atom is -0.461 e. The largest absolute Gasteiger partial charge is 0.461 e. The van der Waals surface area contributed by atoms with Crippen molar-refractivity contribution >= 4 is 18.4 Å². The van der Waals surface area contributed by atoms with Crippen LogP contribution in [0.2, 0.25) is 0 Å². The molecule has 142 valence electrons. The molecule has 0 saturated heterocycles. The number of hydrogen-bond donors (Lipinski definition) is 1. The van der Waals surface area contributed by atoms with Gasteiger partial charge >= 0.3 is 5.97 Å². The summed E-state index contributed by atoms with van der Waals surface area (Å²) in [4.78, 5) is 12.0. The number of benzene rings is 2. The highest BCUT2D eigenvalue weighted by Crippen LogP contribution is 2.42. The number of carbonyl (C=O) groups excluding carboxylic acids is 1. The lowest BCUT2D eigenvalue weighted by molar-refractivity contribution is -0.149. The number of rotatable bonds is 8. The van der Waals surface area contributed by atoms with Crippen molar-refractivity contribution in [3.05, 3.63) is 71.8 Å². The number of hydrogen-bond acceptors (Lipinski definition) is 3. The monoisotopic (exact) mass is 378 g/mol. The Labute approximate surface area is 167 Å². The van der Waals surface area contributed by atoms with E-state index in [1.165, 1.54) is 6.92 Å². The average molecular weight is 379 g/mol. The summed E-state index contributed by atoms with van der Waals surface area (Å²) in [6.07, 6.45) is -0.490. The van der Waals surface area contributed by atoms with Crippen LogP contribution in [0.25, 0.3) is 0 Å². The Hall–Kier alpha value is -1.84. The van der Waals surface area contributed by atoms with E-state index in [9.17, 15) is 4.79 Å². The maximum absolute atomic E-state index is 12.0. The van der Waals surface area contributed by atoms with E-state index in [0.717, 1.165) is 11.1 Å². The first kappa shape index (κ1) is 17.6. The molecule has 0 aliphatic carbocycles. The molecule has 0 heterocycles. The van der Waals surface area contributed by atoms with Gasteiger partial charge < -0.3 is 10.1 Å². The third-order valence-corrected chi connectivity index (χ3v) is 4.74. The van der Waals surface area contributed by atoms with Crippen LogP contribution in [0, 0.1) is 0 Å². The summed E-state index contributed by atoms with van der Waals surface area (Å²) in [6.45, 7) is 1.13. The molecule has 4 heteroatoms. The molecule has 26 heavy (non-hydrogen) atoms. The van der Waals surface area contributed by atoms with Gasteiger partial charge in [0.1, 0.15) is 6.10 Å². The van der Waals surface area contributed by atoms with Gasteiger partial charge in [-0.2, -0.15) is 0 Å². The smallest absolute Gasteiger partial charge is 0.302 e. The molecule has 0 spiro atoms. The van der Waals surface area contributed by atoms with Crippen LogP contribution in [0.5, 0.6) is 0 Å². The van der Waals surface area contributed by atoms with Crippen LogP contribution in [-0.4, -0.2) is 25.2 Å². The molecule has 0 unspecified atom stereocenters. The average Bonchev–Trinajstić information content (AvgIpc) is 2.65. The van der Waals surface area contributed by atoms with Gasteiger partial charge in [-0.15, -0.1) is 12.4 Å². The van der Waals surface area contributed by atoms with Gasteiger partial charge in [0.15, 0.2) is 0 Å². The number of nitrogens with one attached hydrogen (secondary N) is 1. The second kappa shape index (κ2) is 10.3. The second-order valence-corrected chi connectivity index (χ2v) is 6.40. The summed E-state index contributed by atoms with van der Waals surface area (Å²) in [7, 11) is 1.87. The molecular weight excluding hydrogens is 346 g/mol. The van der Waals surface area contributed by atoms with Crippen molar-refractivity contribution in [3.8, 4) is 0 Å².